The molecule has 19 heavy (non-hydrogen) atoms. The summed E-state index contributed by atoms with van der Waals surface area (Å²) in [6, 6.07) is 7.13. The van der Waals surface area contributed by atoms with Crippen molar-refractivity contribution in [1.29, 1.82) is 5.26 Å². The average molecular weight is 253 g/mol. The smallest absolute Gasteiger partial charge is 0.161 e. The topological polar surface area (TPSA) is 58.7 Å². The quantitative estimate of drug-likeness (QED) is 0.773. The number of aryl methyl sites for hydroxylation is 1. The maximum absolute atomic E-state index is 11.7. The molecule has 4 heteroatoms. The van der Waals surface area contributed by atoms with E-state index in [4.69, 9.17) is 5.26 Å². The normalized spacial score (nSPS) is 10.3. The number of ketones is 1. The van der Waals surface area contributed by atoms with Crippen molar-refractivity contribution >= 4 is 5.78 Å². The summed E-state index contributed by atoms with van der Waals surface area (Å²) in [5.74, 6) is -0.0373. The molecular formula is C15H15N3O. The Kier molecular flexibility index (Phi) is 3.22. The Morgan fingerprint density at radius 2 is 2.00 bits per heavy atom. The van der Waals surface area contributed by atoms with Gasteiger partial charge >= 0.3 is 0 Å². The number of carbonyl (C=O) groups is 1. The lowest BCUT2D eigenvalue weighted by atomic mass is 10.1. The minimum Gasteiger partial charge on any atom is -0.294 e. The zero-order valence-corrected chi connectivity index (χ0v) is 11.5. The van der Waals surface area contributed by atoms with Gasteiger partial charge in [-0.25, -0.2) is 4.68 Å². The lowest BCUT2D eigenvalue weighted by Gasteiger charge is -2.09. The molecule has 0 saturated heterocycles. The van der Waals surface area contributed by atoms with Crippen LogP contribution in [0.25, 0.3) is 5.69 Å². The second kappa shape index (κ2) is 4.69. The lowest BCUT2D eigenvalue weighted by molar-refractivity contribution is 0.101. The molecule has 0 fully saturated rings. The van der Waals surface area contributed by atoms with Gasteiger partial charge in [-0.3, -0.25) is 4.79 Å². The molecule has 0 atom stereocenters. The summed E-state index contributed by atoms with van der Waals surface area (Å²) in [7, 11) is 0. The third-order valence-corrected chi connectivity index (χ3v) is 3.39. The second-order valence-corrected chi connectivity index (χ2v) is 4.61. The summed E-state index contributed by atoms with van der Waals surface area (Å²) in [4.78, 5) is 11.7. The van der Waals surface area contributed by atoms with Crippen LogP contribution in [-0.2, 0) is 0 Å². The molecule has 2 aromatic rings. The Morgan fingerprint density at radius 1 is 1.32 bits per heavy atom. The van der Waals surface area contributed by atoms with Crippen LogP contribution < -0.4 is 0 Å². The van der Waals surface area contributed by atoms with Gasteiger partial charge in [0.05, 0.1) is 23.0 Å². The minimum atomic E-state index is -0.0373. The number of benzene rings is 1. The first-order chi connectivity index (χ1) is 8.95. The highest BCUT2D eigenvalue weighted by Crippen LogP contribution is 2.21. The largest absolute Gasteiger partial charge is 0.294 e. The molecule has 0 aliphatic carbocycles. The van der Waals surface area contributed by atoms with Crippen LogP contribution in [0.5, 0.6) is 0 Å². The zero-order valence-electron chi connectivity index (χ0n) is 11.5. The molecule has 96 valence electrons. The van der Waals surface area contributed by atoms with Crippen molar-refractivity contribution in [3.8, 4) is 11.8 Å². The summed E-state index contributed by atoms with van der Waals surface area (Å²) in [5, 5.41) is 13.5. The van der Waals surface area contributed by atoms with Crippen LogP contribution in [0.1, 0.15) is 39.8 Å². The zero-order chi connectivity index (χ0) is 14.2. The molecular weight excluding hydrogens is 238 g/mol. The Balaban J connectivity index is 2.76. The predicted molar refractivity (Wildman–Crippen MR) is 72.5 cm³/mol. The summed E-state index contributed by atoms with van der Waals surface area (Å²) in [6.07, 6.45) is 0. The summed E-state index contributed by atoms with van der Waals surface area (Å²) in [6.45, 7) is 7.40. The van der Waals surface area contributed by atoms with Gasteiger partial charge in [0, 0.05) is 11.3 Å². The third kappa shape index (κ3) is 2.15. The van der Waals surface area contributed by atoms with Crippen molar-refractivity contribution < 1.29 is 4.79 Å². The lowest BCUT2D eigenvalue weighted by Crippen LogP contribution is -2.07. The molecule has 0 N–H and O–H groups in total. The second-order valence-electron chi connectivity index (χ2n) is 4.61. The number of carbonyl (C=O) groups excluding carboxylic acids is 1. The van der Waals surface area contributed by atoms with Crippen LogP contribution in [0.4, 0.5) is 0 Å². The van der Waals surface area contributed by atoms with Crippen LogP contribution >= 0.6 is 0 Å². The summed E-state index contributed by atoms with van der Waals surface area (Å²) in [5.41, 5.74) is 4.76. The first-order valence-electron chi connectivity index (χ1n) is 6.04. The van der Waals surface area contributed by atoms with Crippen LogP contribution in [-0.4, -0.2) is 15.6 Å². The number of nitriles is 1. The Hall–Kier alpha value is -2.41. The van der Waals surface area contributed by atoms with Gasteiger partial charge in [0.2, 0.25) is 0 Å². The molecule has 0 spiro atoms. The highest BCUT2D eigenvalue weighted by molar-refractivity contribution is 5.97. The van der Waals surface area contributed by atoms with Gasteiger partial charge in [-0.15, -0.1) is 0 Å². The minimum absolute atomic E-state index is 0.0373. The molecule has 1 aromatic carbocycles. The monoisotopic (exact) mass is 253 g/mol. The van der Waals surface area contributed by atoms with Crippen molar-refractivity contribution in [2.45, 2.75) is 27.7 Å². The van der Waals surface area contributed by atoms with Crippen molar-refractivity contribution in [2.75, 3.05) is 0 Å². The molecule has 0 saturated carbocycles. The molecule has 0 aliphatic heterocycles. The first-order valence-corrected chi connectivity index (χ1v) is 6.04. The van der Waals surface area contributed by atoms with Gasteiger partial charge in [-0.2, -0.15) is 10.4 Å². The van der Waals surface area contributed by atoms with Gasteiger partial charge in [0.15, 0.2) is 5.78 Å². The van der Waals surface area contributed by atoms with Gasteiger partial charge in [0.1, 0.15) is 0 Å². The standard InChI is InChI=1S/C15H15N3O/c1-9-10(2)17-18(11(9)3)15-7-13(8-16)5-6-14(15)12(4)19/h5-7H,1-4H3. The van der Waals surface area contributed by atoms with E-state index in [9.17, 15) is 4.79 Å². The fraction of sp³-hybridized carbons (Fsp3) is 0.267. The average Bonchev–Trinajstić information content (AvgIpc) is 2.65. The van der Waals surface area contributed by atoms with E-state index in [1.165, 1.54) is 6.92 Å². The molecule has 0 radical (unpaired) electrons. The molecule has 1 heterocycles. The highest BCUT2D eigenvalue weighted by Gasteiger charge is 2.15. The van der Waals surface area contributed by atoms with Gasteiger partial charge in [-0.05, 0) is 51.5 Å². The number of aromatic nitrogens is 2. The summed E-state index contributed by atoms with van der Waals surface area (Å²) < 4.78 is 1.74. The van der Waals surface area contributed by atoms with Gasteiger partial charge < -0.3 is 0 Å². The number of Topliss-reactive ketones (excluding diaryl/α,β-unsaturated/α-hetero) is 1. The van der Waals surface area contributed by atoms with Gasteiger partial charge in [0.25, 0.3) is 0 Å². The SMILES string of the molecule is CC(=O)c1ccc(C#N)cc1-n1nc(C)c(C)c1C. The Bertz CT molecular complexity index is 705. The molecule has 4 nitrogen and oxygen atoms in total. The van der Waals surface area contributed by atoms with Crippen LogP contribution in [0.15, 0.2) is 18.2 Å². The van der Waals surface area contributed by atoms with E-state index in [1.54, 1.807) is 22.9 Å². The maximum atomic E-state index is 11.7. The Morgan fingerprint density at radius 3 is 2.47 bits per heavy atom. The number of hydrogen-bond donors (Lipinski definition) is 0. The molecule has 0 amide bonds. The van der Waals surface area contributed by atoms with E-state index < -0.39 is 0 Å². The molecule has 0 bridgehead atoms. The van der Waals surface area contributed by atoms with Crippen molar-refractivity contribution in [2.24, 2.45) is 0 Å². The fourth-order valence-corrected chi connectivity index (χ4v) is 2.03. The van der Waals surface area contributed by atoms with Gasteiger partial charge in [-0.1, -0.05) is 0 Å². The van der Waals surface area contributed by atoms with Crippen molar-refractivity contribution in [3.63, 3.8) is 0 Å². The summed E-state index contributed by atoms with van der Waals surface area (Å²) >= 11 is 0. The van der Waals surface area contributed by atoms with E-state index in [2.05, 4.69) is 11.2 Å². The van der Waals surface area contributed by atoms with E-state index in [-0.39, 0.29) is 5.78 Å². The maximum Gasteiger partial charge on any atom is 0.161 e. The third-order valence-electron chi connectivity index (χ3n) is 3.39. The highest BCUT2D eigenvalue weighted by atomic mass is 16.1. The van der Waals surface area contributed by atoms with E-state index >= 15 is 0 Å². The van der Waals surface area contributed by atoms with Crippen LogP contribution in [0.3, 0.4) is 0 Å². The molecule has 0 aliphatic rings. The predicted octanol–water partition coefficient (Wildman–Crippen LogP) is 2.87. The molecule has 2 rings (SSSR count). The molecule has 1 aromatic heterocycles. The van der Waals surface area contributed by atoms with E-state index in [0.29, 0.717) is 16.8 Å². The van der Waals surface area contributed by atoms with E-state index in [0.717, 1.165) is 17.0 Å². The van der Waals surface area contributed by atoms with E-state index in [1.807, 2.05) is 20.8 Å². The van der Waals surface area contributed by atoms with Crippen LogP contribution in [0.2, 0.25) is 0 Å². The number of hydrogen-bond acceptors (Lipinski definition) is 3. The molecule has 0 unspecified atom stereocenters. The van der Waals surface area contributed by atoms with Crippen molar-refractivity contribution in [1.82, 2.24) is 9.78 Å². The Labute approximate surface area is 112 Å². The fourth-order valence-electron chi connectivity index (χ4n) is 2.03. The number of rotatable bonds is 2. The number of nitrogens with zero attached hydrogens (tertiary/aromatic N) is 3. The van der Waals surface area contributed by atoms with Crippen LogP contribution in [0, 0.1) is 32.1 Å². The van der Waals surface area contributed by atoms with Crippen molar-refractivity contribution in [3.05, 3.63) is 46.3 Å². The first kappa shape index (κ1) is 13.0.